The lowest BCUT2D eigenvalue weighted by Crippen LogP contribution is -2.45. The largest absolute Gasteiger partial charge is 0.478 e. The second kappa shape index (κ2) is 10.9. The minimum absolute atomic E-state index is 0.322. The van der Waals surface area contributed by atoms with Crippen molar-refractivity contribution < 1.29 is 14.6 Å². The Morgan fingerprint density at radius 1 is 1.05 bits per heavy atom. The number of nitrogens with zero attached hydrogens (tertiary/aromatic N) is 3. The Morgan fingerprint density at radius 3 is 2.68 bits per heavy atom. The fraction of sp³-hybridized carbons (Fsp3) is 0.516. The number of fused-ring (bicyclic) bond motifs is 5. The van der Waals surface area contributed by atoms with Crippen molar-refractivity contribution in [1.82, 2.24) is 9.47 Å². The van der Waals surface area contributed by atoms with Crippen LogP contribution in [-0.2, 0) is 11.3 Å². The Labute approximate surface area is 230 Å². The van der Waals surface area contributed by atoms with Crippen LogP contribution in [0.3, 0.4) is 0 Å². The minimum atomic E-state index is -0.875. The summed E-state index contributed by atoms with van der Waals surface area (Å²) in [6, 6.07) is 12.0. The molecule has 0 spiro atoms. The van der Waals surface area contributed by atoms with Gasteiger partial charge in [-0.1, -0.05) is 43.9 Å². The first kappa shape index (κ1) is 25.7. The molecule has 1 unspecified atom stereocenters. The van der Waals surface area contributed by atoms with Gasteiger partial charge in [0, 0.05) is 66.4 Å². The molecule has 1 saturated heterocycles. The molecule has 0 bridgehead atoms. The number of carboxylic acid groups (broad SMARTS) is 1. The molecule has 2 aliphatic heterocycles. The third-order valence-corrected chi connectivity index (χ3v) is 9.11. The van der Waals surface area contributed by atoms with E-state index in [4.69, 9.17) is 16.3 Å². The van der Waals surface area contributed by atoms with Crippen LogP contribution < -0.4 is 4.90 Å². The maximum atomic E-state index is 11.9. The predicted molar refractivity (Wildman–Crippen MR) is 154 cm³/mol. The SMILES string of the molecule is CCC1CN(CCN2CCn3c(c(C4CCCCC4)c4ccc(C(=O)O)cc43)-c3ccc(Cl)cc32)CCO1. The Morgan fingerprint density at radius 2 is 1.89 bits per heavy atom. The molecule has 38 heavy (non-hydrogen) atoms. The molecule has 6 nitrogen and oxygen atoms in total. The lowest BCUT2D eigenvalue weighted by atomic mass is 9.81. The number of benzene rings is 2. The summed E-state index contributed by atoms with van der Waals surface area (Å²) in [4.78, 5) is 16.9. The van der Waals surface area contributed by atoms with Crippen LogP contribution in [0.1, 0.15) is 67.3 Å². The zero-order chi connectivity index (χ0) is 26.2. The van der Waals surface area contributed by atoms with E-state index in [1.54, 1.807) is 6.07 Å². The zero-order valence-electron chi connectivity index (χ0n) is 22.3. The van der Waals surface area contributed by atoms with Gasteiger partial charge in [0.15, 0.2) is 0 Å². The number of carbonyl (C=O) groups is 1. The second-order valence-electron chi connectivity index (χ2n) is 11.1. The van der Waals surface area contributed by atoms with Crippen LogP contribution in [0, 0.1) is 0 Å². The number of aromatic carboxylic acids is 1. The van der Waals surface area contributed by atoms with E-state index in [9.17, 15) is 9.90 Å². The summed E-state index contributed by atoms with van der Waals surface area (Å²) < 4.78 is 8.30. The van der Waals surface area contributed by atoms with Gasteiger partial charge < -0.3 is 19.3 Å². The van der Waals surface area contributed by atoms with E-state index in [1.807, 2.05) is 12.1 Å². The lowest BCUT2D eigenvalue weighted by Gasteiger charge is -2.34. The standard InChI is InChI=1S/C31H38ClN3O3/c1-2-24-20-33(16-17-38-24)12-13-34-14-15-35-28-18-22(31(36)37)8-10-25(28)29(21-6-4-3-5-7-21)30(35)26-11-9-23(32)19-27(26)34/h8-11,18-19,21,24H,2-7,12-17,20H2,1H3,(H,36,37). The van der Waals surface area contributed by atoms with Gasteiger partial charge in [0.2, 0.25) is 0 Å². The smallest absolute Gasteiger partial charge is 0.335 e. The van der Waals surface area contributed by atoms with Gasteiger partial charge in [-0.25, -0.2) is 4.79 Å². The molecule has 1 atom stereocenters. The molecule has 202 valence electrons. The van der Waals surface area contributed by atoms with Gasteiger partial charge in [0.05, 0.1) is 24.0 Å². The average molecular weight is 536 g/mol. The number of ether oxygens (including phenoxy) is 1. The van der Waals surface area contributed by atoms with E-state index in [0.717, 1.165) is 62.8 Å². The highest BCUT2D eigenvalue weighted by atomic mass is 35.5. The van der Waals surface area contributed by atoms with E-state index in [2.05, 4.69) is 39.5 Å². The molecule has 0 radical (unpaired) electrons. The summed E-state index contributed by atoms with van der Waals surface area (Å²) in [6.07, 6.45) is 7.55. The Kier molecular flexibility index (Phi) is 7.39. The van der Waals surface area contributed by atoms with Gasteiger partial charge in [-0.2, -0.15) is 0 Å². The minimum Gasteiger partial charge on any atom is -0.478 e. The Hall–Kier alpha value is -2.54. The van der Waals surface area contributed by atoms with E-state index < -0.39 is 5.97 Å². The van der Waals surface area contributed by atoms with Crippen molar-refractivity contribution in [2.45, 2.75) is 64.0 Å². The Balaban J connectivity index is 1.43. The summed E-state index contributed by atoms with van der Waals surface area (Å²) in [7, 11) is 0. The molecule has 2 fully saturated rings. The summed E-state index contributed by atoms with van der Waals surface area (Å²) in [5, 5.41) is 11.7. The molecule has 0 amide bonds. The number of hydrogen-bond donors (Lipinski definition) is 1. The molecule has 3 aromatic rings. The van der Waals surface area contributed by atoms with Gasteiger partial charge in [0.1, 0.15) is 0 Å². The maximum absolute atomic E-state index is 11.9. The number of anilines is 1. The highest BCUT2D eigenvalue weighted by Gasteiger charge is 2.31. The molecule has 1 aliphatic carbocycles. The lowest BCUT2D eigenvalue weighted by molar-refractivity contribution is -0.0286. The monoisotopic (exact) mass is 535 g/mol. The van der Waals surface area contributed by atoms with Gasteiger partial charge in [0.25, 0.3) is 0 Å². The normalized spacial score (nSPS) is 20.8. The molecule has 1 N–H and O–H groups in total. The molecule has 7 heteroatoms. The van der Waals surface area contributed by atoms with Crippen LogP contribution in [-0.4, -0.2) is 66.0 Å². The van der Waals surface area contributed by atoms with Crippen molar-refractivity contribution >= 4 is 34.2 Å². The van der Waals surface area contributed by atoms with E-state index in [-0.39, 0.29) is 0 Å². The summed E-state index contributed by atoms with van der Waals surface area (Å²) in [5.74, 6) is -0.382. The molecule has 3 heterocycles. The van der Waals surface area contributed by atoms with Crippen LogP contribution in [0.4, 0.5) is 5.69 Å². The summed E-state index contributed by atoms with van der Waals surface area (Å²) in [5.41, 5.74) is 6.47. The van der Waals surface area contributed by atoms with Crippen molar-refractivity contribution in [1.29, 1.82) is 0 Å². The molecule has 6 rings (SSSR count). The second-order valence-corrected chi connectivity index (χ2v) is 11.6. The van der Waals surface area contributed by atoms with E-state index in [1.165, 1.54) is 60.0 Å². The number of rotatable bonds is 6. The first-order valence-electron chi connectivity index (χ1n) is 14.3. The zero-order valence-corrected chi connectivity index (χ0v) is 23.1. The molecule has 3 aliphatic rings. The average Bonchev–Trinajstić information content (AvgIpc) is 3.18. The van der Waals surface area contributed by atoms with Crippen molar-refractivity contribution in [3.05, 3.63) is 52.5 Å². The number of hydrogen-bond acceptors (Lipinski definition) is 4. The highest BCUT2D eigenvalue weighted by molar-refractivity contribution is 6.31. The summed E-state index contributed by atoms with van der Waals surface area (Å²) >= 11 is 6.61. The summed E-state index contributed by atoms with van der Waals surface area (Å²) in [6.45, 7) is 8.53. The van der Waals surface area contributed by atoms with Crippen LogP contribution in [0.2, 0.25) is 5.02 Å². The van der Waals surface area contributed by atoms with Crippen molar-refractivity contribution in [2.24, 2.45) is 0 Å². The van der Waals surface area contributed by atoms with E-state index in [0.29, 0.717) is 17.6 Å². The number of carboxylic acids is 1. The van der Waals surface area contributed by atoms with Crippen LogP contribution in [0.15, 0.2) is 36.4 Å². The predicted octanol–water partition coefficient (Wildman–Crippen LogP) is 6.64. The number of halogens is 1. The van der Waals surface area contributed by atoms with Gasteiger partial charge in [-0.05, 0) is 61.1 Å². The molecular formula is C31H38ClN3O3. The molecule has 2 aromatic carbocycles. The van der Waals surface area contributed by atoms with Gasteiger partial charge in [-0.3, -0.25) is 4.90 Å². The first-order valence-corrected chi connectivity index (χ1v) is 14.7. The number of aromatic nitrogens is 1. The topological polar surface area (TPSA) is 57.9 Å². The van der Waals surface area contributed by atoms with E-state index >= 15 is 0 Å². The highest BCUT2D eigenvalue weighted by Crippen LogP contribution is 2.47. The quantitative estimate of drug-likeness (QED) is 0.383. The number of morpholine rings is 1. The molecular weight excluding hydrogens is 498 g/mol. The molecule has 1 aromatic heterocycles. The van der Waals surface area contributed by atoms with Crippen LogP contribution >= 0.6 is 11.6 Å². The fourth-order valence-corrected chi connectivity index (χ4v) is 7.04. The third kappa shape index (κ3) is 4.83. The van der Waals surface area contributed by atoms with Crippen LogP contribution in [0.25, 0.3) is 22.2 Å². The van der Waals surface area contributed by atoms with Crippen LogP contribution in [0.5, 0.6) is 0 Å². The van der Waals surface area contributed by atoms with Gasteiger partial charge >= 0.3 is 5.97 Å². The first-order chi connectivity index (χ1) is 18.5. The fourth-order valence-electron chi connectivity index (χ4n) is 6.87. The van der Waals surface area contributed by atoms with Gasteiger partial charge in [-0.15, -0.1) is 0 Å². The molecule has 1 saturated carbocycles. The Bertz CT molecular complexity index is 1330. The van der Waals surface area contributed by atoms with Crippen molar-refractivity contribution in [2.75, 3.05) is 44.2 Å². The third-order valence-electron chi connectivity index (χ3n) is 8.88. The maximum Gasteiger partial charge on any atom is 0.335 e. The van der Waals surface area contributed by atoms with Crippen molar-refractivity contribution in [3.8, 4) is 11.3 Å². The van der Waals surface area contributed by atoms with Crippen molar-refractivity contribution in [3.63, 3.8) is 0 Å².